The van der Waals surface area contributed by atoms with Gasteiger partial charge in [0.25, 0.3) is 0 Å². The Bertz CT molecular complexity index is 219. The van der Waals surface area contributed by atoms with Gasteiger partial charge in [-0.05, 0) is 20.0 Å². The molecule has 0 saturated heterocycles. The summed E-state index contributed by atoms with van der Waals surface area (Å²) in [5.74, 6) is 1.74. The highest BCUT2D eigenvalue weighted by atomic mass is 35.5. The summed E-state index contributed by atoms with van der Waals surface area (Å²) >= 11 is 1.70. The summed E-state index contributed by atoms with van der Waals surface area (Å²) in [6.07, 6.45) is 0. The zero-order chi connectivity index (χ0) is 13.3. The van der Waals surface area contributed by atoms with Crippen LogP contribution in [-0.4, -0.2) is 66.5 Å². The average Bonchev–Trinajstić information content (AvgIpc) is 2.36. The number of hydrogen-bond acceptors (Lipinski definition) is 4. The van der Waals surface area contributed by atoms with Crippen LogP contribution in [-0.2, 0) is 4.79 Å². The van der Waals surface area contributed by atoms with Crippen LogP contribution in [0.25, 0.3) is 0 Å². The zero-order valence-corrected chi connectivity index (χ0v) is 14.9. The number of nitrogens with zero attached hydrogens (tertiary/aromatic N) is 2. The van der Waals surface area contributed by atoms with Gasteiger partial charge in [0.05, 0.1) is 5.75 Å². The highest BCUT2D eigenvalue weighted by Crippen LogP contribution is 2.05. The molecule has 118 valence electrons. The Labute approximate surface area is 134 Å². The van der Waals surface area contributed by atoms with Crippen LogP contribution >= 0.6 is 36.6 Å². The van der Waals surface area contributed by atoms with Crippen LogP contribution in [0.15, 0.2) is 0 Å². The van der Waals surface area contributed by atoms with Gasteiger partial charge in [-0.3, -0.25) is 4.79 Å². The Morgan fingerprint density at radius 3 is 2.21 bits per heavy atom. The summed E-state index contributed by atoms with van der Waals surface area (Å²) < 4.78 is 0. The van der Waals surface area contributed by atoms with E-state index < -0.39 is 0 Å². The molecule has 0 aliphatic carbocycles. The lowest BCUT2D eigenvalue weighted by atomic mass is 10.3. The molecule has 2 N–H and O–H groups in total. The van der Waals surface area contributed by atoms with Crippen molar-refractivity contribution in [3.05, 3.63) is 0 Å². The highest BCUT2D eigenvalue weighted by Gasteiger charge is 2.13. The first kappa shape index (κ1) is 24.3. The molecule has 0 aromatic carbocycles. The standard InChI is InChI=1S/C12H27N3OS.2ClH/c1-5-15(6-2)7-8-17-10-12(16)14(4)11(3)9-13;;/h11H,5-10,13H2,1-4H3;2*1H. The molecule has 0 aromatic heterocycles. The van der Waals surface area contributed by atoms with E-state index in [2.05, 4.69) is 18.7 Å². The fourth-order valence-corrected chi connectivity index (χ4v) is 2.31. The quantitative estimate of drug-likeness (QED) is 0.652. The van der Waals surface area contributed by atoms with E-state index in [-0.39, 0.29) is 36.8 Å². The maximum Gasteiger partial charge on any atom is 0.232 e. The van der Waals surface area contributed by atoms with E-state index in [9.17, 15) is 4.79 Å². The van der Waals surface area contributed by atoms with Gasteiger partial charge in [-0.2, -0.15) is 11.8 Å². The minimum atomic E-state index is 0. The lowest BCUT2D eigenvalue weighted by Crippen LogP contribution is -2.40. The maximum atomic E-state index is 11.8. The highest BCUT2D eigenvalue weighted by molar-refractivity contribution is 7.99. The van der Waals surface area contributed by atoms with Gasteiger partial charge in [0.15, 0.2) is 0 Å². The molecule has 0 rings (SSSR count). The summed E-state index contributed by atoms with van der Waals surface area (Å²) in [6, 6.07) is 0.130. The second kappa shape index (κ2) is 14.7. The van der Waals surface area contributed by atoms with E-state index in [0.717, 1.165) is 25.4 Å². The van der Waals surface area contributed by atoms with Gasteiger partial charge in [-0.1, -0.05) is 13.8 Å². The lowest BCUT2D eigenvalue weighted by Gasteiger charge is -2.23. The van der Waals surface area contributed by atoms with E-state index in [1.165, 1.54) is 0 Å². The number of thioether (sulfide) groups is 1. The largest absolute Gasteiger partial charge is 0.341 e. The fraction of sp³-hybridized carbons (Fsp3) is 0.917. The smallest absolute Gasteiger partial charge is 0.232 e. The van der Waals surface area contributed by atoms with Crippen LogP contribution in [0.1, 0.15) is 20.8 Å². The first-order valence-electron chi connectivity index (χ1n) is 6.32. The Balaban J connectivity index is -0.00000128. The van der Waals surface area contributed by atoms with Crippen LogP contribution in [0.3, 0.4) is 0 Å². The molecule has 0 aromatic rings. The third kappa shape index (κ3) is 10.7. The second-order valence-electron chi connectivity index (χ2n) is 4.17. The number of halogens is 2. The van der Waals surface area contributed by atoms with Gasteiger partial charge in [0.1, 0.15) is 0 Å². The summed E-state index contributed by atoms with van der Waals surface area (Å²) in [4.78, 5) is 15.9. The Morgan fingerprint density at radius 1 is 1.26 bits per heavy atom. The fourth-order valence-electron chi connectivity index (χ4n) is 1.40. The molecule has 0 aliphatic rings. The molecule has 4 nitrogen and oxygen atoms in total. The van der Waals surface area contributed by atoms with Gasteiger partial charge in [-0.25, -0.2) is 0 Å². The average molecular weight is 334 g/mol. The predicted molar refractivity (Wildman–Crippen MR) is 90.9 cm³/mol. The number of amides is 1. The van der Waals surface area contributed by atoms with Crippen molar-refractivity contribution in [2.24, 2.45) is 5.73 Å². The molecule has 0 heterocycles. The monoisotopic (exact) mass is 333 g/mol. The normalized spacial score (nSPS) is 11.5. The lowest BCUT2D eigenvalue weighted by molar-refractivity contribution is -0.128. The van der Waals surface area contributed by atoms with Crippen molar-refractivity contribution in [2.75, 3.05) is 44.7 Å². The molecule has 0 fully saturated rings. The third-order valence-corrected chi connectivity index (χ3v) is 3.99. The van der Waals surface area contributed by atoms with E-state index in [0.29, 0.717) is 12.3 Å². The van der Waals surface area contributed by atoms with Gasteiger partial charge in [0.2, 0.25) is 5.91 Å². The molecule has 0 radical (unpaired) electrons. The van der Waals surface area contributed by atoms with Crippen molar-refractivity contribution in [3.63, 3.8) is 0 Å². The predicted octanol–water partition coefficient (Wildman–Crippen LogP) is 1.71. The van der Waals surface area contributed by atoms with E-state index in [4.69, 9.17) is 5.73 Å². The molecule has 0 bridgehead atoms. The molecule has 19 heavy (non-hydrogen) atoms. The first-order chi connectivity index (χ1) is 8.06. The van der Waals surface area contributed by atoms with Crippen LogP contribution in [0.2, 0.25) is 0 Å². The van der Waals surface area contributed by atoms with Gasteiger partial charge < -0.3 is 15.5 Å². The molecular weight excluding hydrogens is 305 g/mol. The Morgan fingerprint density at radius 2 is 1.79 bits per heavy atom. The van der Waals surface area contributed by atoms with Crippen LogP contribution in [0.4, 0.5) is 0 Å². The molecule has 1 atom stereocenters. The van der Waals surface area contributed by atoms with E-state index >= 15 is 0 Å². The minimum absolute atomic E-state index is 0. The van der Waals surface area contributed by atoms with Gasteiger partial charge >= 0.3 is 0 Å². The molecule has 0 saturated carbocycles. The van der Waals surface area contributed by atoms with E-state index in [1.54, 1.807) is 16.7 Å². The van der Waals surface area contributed by atoms with Crippen molar-refractivity contribution >= 4 is 42.5 Å². The number of rotatable bonds is 9. The molecule has 1 amide bonds. The second-order valence-corrected chi connectivity index (χ2v) is 5.27. The SMILES string of the molecule is CCN(CC)CCSCC(=O)N(C)C(C)CN.Cl.Cl. The number of likely N-dealkylation sites (N-methyl/N-ethyl adjacent to an activating group) is 1. The van der Waals surface area contributed by atoms with Crippen molar-refractivity contribution < 1.29 is 4.79 Å². The molecule has 7 heteroatoms. The zero-order valence-electron chi connectivity index (χ0n) is 12.4. The molecule has 1 unspecified atom stereocenters. The summed E-state index contributed by atoms with van der Waals surface area (Å²) in [7, 11) is 1.82. The minimum Gasteiger partial charge on any atom is -0.341 e. The Hall–Kier alpha value is 0.320. The topological polar surface area (TPSA) is 49.6 Å². The first-order valence-corrected chi connectivity index (χ1v) is 7.48. The van der Waals surface area contributed by atoms with Crippen LogP contribution in [0, 0.1) is 0 Å². The van der Waals surface area contributed by atoms with Gasteiger partial charge in [0, 0.05) is 31.9 Å². The number of carbonyl (C=O) groups excluding carboxylic acids is 1. The molecular formula is C12H29Cl2N3OS. The molecule has 0 spiro atoms. The Kier molecular flexibility index (Phi) is 18.9. The number of carbonyl (C=O) groups is 1. The maximum absolute atomic E-state index is 11.8. The van der Waals surface area contributed by atoms with Crippen LogP contribution < -0.4 is 5.73 Å². The van der Waals surface area contributed by atoms with Crippen molar-refractivity contribution in [1.82, 2.24) is 9.80 Å². The number of hydrogen-bond donors (Lipinski definition) is 1. The van der Waals surface area contributed by atoms with Crippen molar-refractivity contribution in [1.29, 1.82) is 0 Å². The summed E-state index contributed by atoms with van der Waals surface area (Å²) in [6.45, 7) is 10.0. The summed E-state index contributed by atoms with van der Waals surface area (Å²) in [5.41, 5.74) is 5.53. The third-order valence-electron chi connectivity index (χ3n) is 3.07. The van der Waals surface area contributed by atoms with Crippen molar-refractivity contribution in [2.45, 2.75) is 26.8 Å². The summed E-state index contributed by atoms with van der Waals surface area (Å²) in [5, 5.41) is 0. The number of nitrogens with two attached hydrogens (primary N) is 1. The van der Waals surface area contributed by atoms with E-state index in [1.807, 2.05) is 14.0 Å². The van der Waals surface area contributed by atoms with Crippen LogP contribution in [0.5, 0.6) is 0 Å². The van der Waals surface area contributed by atoms with Gasteiger partial charge in [-0.15, -0.1) is 24.8 Å². The van der Waals surface area contributed by atoms with Crippen molar-refractivity contribution in [3.8, 4) is 0 Å². The molecule has 0 aliphatic heterocycles.